The highest BCUT2D eigenvalue weighted by Crippen LogP contribution is 2.20. The quantitative estimate of drug-likeness (QED) is 0.629. The molecule has 0 aliphatic rings. The summed E-state index contributed by atoms with van der Waals surface area (Å²) in [7, 11) is 2.15. The predicted octanol–water partition coefficient (Wildman–Crippen LogP) is 3.21. The van der Waals surface area contributed by atoms with Gasteiger partial charge in [0, 0.05) is 11.6 Å². The summed E-state index contributed by atoms with van der Waals surface area (Å²) in [5.41, 5.74) is -0.396. The van der Waals surface area contributed by atoms with Gasteiger partial charge in [-0.1, -0.05) is 6.92 Å². The van der Waals surface area contributed by atoms with E-state index in [9.17, 15) is 4.79 Å². The van der Waals surface area contributed by atoms with Gasteiger partial charge in [-0.15, -0.1) is 0 Å². The van der Waals surface area contributed by atoms with Crippen LogP contribution < -0.4 is 5.32 Å². The second-order valence-electron chi connectivity index (χ2n) is 7.04. The van der Waals surface area contributed by atoms with Crippen LogP contribution in [0, 0.1) is 0 Å². The Morgan fingerprint density at radius 2 is 1.81 bits per heavy atom. The lowest BCUT2D eigenvalue weighted by atomic mass is 9.93. The van der Waals surface area contributed by atoms with Gasteiger partial charge in [0.1, 0.15) is 5.54 Å². The lowest BCUT2D eigenvalue weighted by Crippen LogP contribution is -2.53. The molecule has 4 heteroatoms. The van der Waals surface area contributed by atoms with Gasteiger partial charge in [0.2, 0.25) is 0 Å². The molecule has 0 heterocycles. The van der Waals surface area contributed by atoms with Crippen LogP contribution in [0.1, 0.15) is 67.7 Å². The van der Waals surface area contributed by atoms with E-state index in [0.717, 1.165) is 25.8 Å². The summed E-state index contributed by atoms with van der Waals surface area (Å²) in [5.74, 6) is -0.142. The molecule has 0 radical (unpaired) electrons. The molecule has 0 aromatic heterocycles. The maximum Gasteiger partial charge on any atom is 0.326 e. The van der Waals surface area contributed by atoms with Crippen LogP contribution in [0.2, 0.25) is 0 Å². The van der Waals surface area contributed by atoms with Crippen molar-refractivity contribution in [3.63, 3.8) is 0 Å². The molecule has 21 heavy (non-hydrogen) atoms. The van der Waals surface area contributed by atoms with Crippen LogP contribution in [0.25, 0.3) is 0 Å². The molecule has 0 aromatic rings. The SMILES string of the molecule is CCOC(=O)C(C)(CCCN(C)C(C)(C)CC)NC(C)C. The first kappa shape index (κ1) is 20.4. The van der Waals surface area contributed by atoms with Crippen LogP contribution in [-0.2, 0) is 9.53 Å². The number of esters is 1. The van der Waals surface area contributed by atoms with Crippen molar-refractivity contribution in [3.8, 4) is 0 Å². The monoisotopic (exact) mass is 300 g/mol. The molecule has 0 saturated carbocycles. The maximum atomic E-state index is 12.2. The number of hydrogen-bond acceptors (Lipinski definition) is 4. The summed E-state index contributed by atoms with van der Waals surface area (Å²) in [6.45, 7) is 16.1. The zero-order valence-electron chi connectivity index (χ0n) is 15.4. The first-order valence-electron chi connectivity index (χ1n) is 8.25. The van der Waals surface area contributed by atoms with Gasteiger partial charge in [-0.05, 0) is 74.4 Å². The third kappa shape index (κ3) is 6.79. The average molecular weight is 300 g/mol. The molecule has 0 rings (SSSR count). The Morgan fingerprint density at radius 3 is 2.24 bits per heavy atom. The van der Waals surface area contributed by atoms with Gasteiger partial charge in [-0.3, -0.25) is 10.1 Å². The smallest absolute Gasteiger partial charge is 0.326 e. The zero-order valence-corrected chi connectivity index (χ0v) is 15.4. The van der Waals surface area contributed by atoms with Gasteiger partial charge in [-0.25, -0.2) is 0 Å². The van der Waals surface area contributed by atoms with Gasteiger partial charge in [0.05, 0.1) is 6.61 Å². The van der Waals surface area contributed by atoms with Crippen molar-refractivity contribution >= 4 is 5.97 Å². The zero-order chi connectivity index (χ0) is 16.7. The molecule has 0 spiro atoms. The Morgan fingerprint density at radius 1 is 1.24 bits per heavy atom. The van der Waals surface area contributed by atoms with Gasteiger partial charge in [0.25, 0.3) is 0 Å². The van der Waals surface area contributed by atoms with Crippen LogP contribution in [0.5, 0.6) is 0 Å². The summed E-state index contributed by atoms with van der Waals surface area (Å²) in [6, 6.07) is 0.254. The maximum absolute atomic E-state index is 12.2. The Kier molecular flexibility index (Phi) is 8.49. The number of rotatable bonds is 10. The van der Waals surface area contributed by atoms with E-state index in [-0.39, 0.29) is 17.6 Å². The summed E-state index contributed by atoms with van der Waals surface area (Å²) in [5, 5.41) is 3.37. The molecular weight excluding hydrogens is 264 g/mol. The van der Waals surface area contributed by atoms with E-state index in [1.807, 2.05) is 13.8 Å². The minimum atomic E-state index is -0.596. The second-order valence-corrected chi connectivity index (χ2v) is 7.04. The van der Waals surface area contributed by atoms with Gasteiger partial charge >= 0.3 is 5.97 Å². The molecule has 0 saturated heterocycles. The van der Waals surface area contributed by atoms with E-state index in [0.29, 0.717) is 6.61 Å². The lowest BCUT2D eigenvalue weighted by Gasteiger charge is -2.36. The van der Waals surface area contributed by atoms with E-state index >= 15 is 0 Å². The molecule has 4 nitrogen and oxygen atoms in total. The predicted molar refractivity (Wildman–Crippen MR) is 89.5 cm³/mol. The Bertz CT molecular complexity index is 316. The third-order valence-corrected chi connectivity index (χ3v) is 4.40. The van der Waals surface area contributed by atoms with Crippen molar-refractivity contribution in [2.24, 2.45) is 0 Å². The second kappa shape index (κ2) is 8.74. The van der Waals surface area contributed by atoms with Gasteiger partial charge < -0.3 is 9.64 Å². The fourth-order valence-corrected chi connectivity index (χ4v) is 2.40. The molecular formula is C17H36N2O2. The number of carbonyl (C=O) groups excluding carboxylic acids is 1. The van der Waals surface area contributed by atoms with Gasteiger partial charge in [-0.2, -0.15) is 0 Å². The fourth-order valence-electron chi connectivity index (χ4n) is 2.40. The van der Waals surface area contributed by atoms with E-state index in [1.54, 1.807) is 0 Å². The molecule has 1 N–H and O–H groups in total. The number of hydrogen-bond donors (Lipinski definition) is 1. The summed E-state index contributed by atoms with van der Waals surface area (Å²) in [4.78, 5) is 14.6. The highest BCUT2D eigenvalue weighted by molar-refractivity contribution is 5.80. The molecule has 0 aromatic carbocycles. The van der Waals surface area contributed by atoms with Crippen LogP contribution in [0.15, 0.2) is 0 Å². The number of nitrogens with one attached hydrogen (secondary N) is 1. The molecule has 0 aliphatic heterocycles. The highest BCUT2D eigenvalue weighted by atomic mass is 16.5. The van der Waals surface area contributed by atoms with E-state index in [1.165, 1.54) is 0 Å². The van der Waals surface area contributed by atoms with Crippen molar-refractivity contribution in [1.29, 1.82) is 0 Å². The highest BCUT2D eigenvalue weighted by Gasteiger charge is 2.35. The van der Waals surface area contributed by atoms with Crippen molar-refractivity contribution in [2.75, 3.05) is 20.2 Å². The number of carbonyl (C=O) groups is 1. The van der Waals surface area contributed by atoms with E-state index in [2.05, 4.69) is 51.9 Å². The van der Waals surface area contributed by atoms with Crippen molar-refractivity contribution in [1.82, 2.24) is 10.2 Å². The summed E-state index contributed by atoms with van der Waals surface area (Å²) >= 11 is 0. The van der Waals surface area contributed by atoms with Crippen molar-refractivity contribution in [3.05, 3.63) is 0 Å². The van der Waals surface area contributed by atoms with Crippen LogP contribution in [0.4, 0.5) is 0 Å². The minimum absolute atomic E-state index is 0.142. The fraction of sp³-hybridized carbons (Fsp3) is 0.941. The molecule has 126 valence electrons. The Labute approximate surface area is 131 Å². The van der Waals surface area contributed by atoms with E-state index < -0.39 is 5.54 Å². The van der Waals surface area contributed by atoms with Crippen molar-refractivity contribution in [2.45, 2.75) is 84.8 Å². The minimum Gasteiger partial charge on any atom is -0.465 e. The topological polar surface area (TPSA) is 41.6 Å². The molecule has 0 fully saturated rings. The molecule has 0 amide bonds. The summed E-state index contributed by atoms with van der Waals surface area (Å²) < 4.78 is 5.24. The third-order valence-electron chi connectivity index (χ3n) is 4.40. The van der Waals surface area contributed by atoms with Crippen LogP contribution in [-0.4, -0.2) is 48.2 Å². The average Bonchev–Trinajstić information content (AvgIpc) is 2.37. The lowest BCUT2D eigenvalue weighted by molar-refractivity contribution is -0.151. The molecule has 0 bridgehead atoms. The van der Waals surface area contributed by atoms with E-state index in [4.69, 9.17) is 4.74 Å². The number of nitrogens with zero attached hydrogens (tertiary/aromatic N) is 1. The number of ether oxygens (including phenoxy) is 1. The van der Waals surface area contributed by atoms with Crippen molar-refractivity contribution < 1.29 is 9.53 Å². The molecule has 1 atom stereocenters. The summed E-state index contributed by atoms with van der Waals surface area (Å²) in [6.07, 6.45) is 2.87. The van der Waals surface area contributed by atoms with Gasteiger partial charge in [0.15, 0.2) is 0 Å². The standard InChI is InChI=1S/C17H36N2O2/c1-9-16(5,6)19(8)13-11-12-17(7,18-14(3)4)15(20)21-10-2/h14,18H,9-13H2,1-8H3. The normalized spacial score (nSPS) is 15.3. The van der Waals surface area contributed by atoms with Crippen LogP contribution in [0.3, 0.4) is 0 Å². The molecule has 0 aliphatic carbocycles. The Hall–Kier alpha value is -0.610. The molecule has 1 unspecified atom stereocenters. The first-order valence-corrected chi connectivity index (χ1v) is 8.25. The first-order chi connectivity index (χ1) is 9.59. The Balaban J connectivity index is 4.60. The largest absolute Gasteiger partial charge is 0.465 e. The van der Waals surface area contributed by atoms with Crippen LogP contribution >= 0.6 is 0 Å².